The van der Waals surface area contributed by atoms with Gasteiger partial charge in [-0.3, -0.25) is 4.68 Å². The second-order valence-electron chi connectivity index (χ2n) is 4.50. The first-order valence-electron chi connectivity index (χ1n) is 6.44. The van der Waals surface area contributed by atoms with E-state index in [1.807, 2.05) is 42.3 Å². The molecule has 1 heterocycles. The quantitative estimate of drug-likeness (QED) is 0.795. The van der Waals surface area contributed by atoms with Gasteiger partial charge in [0.2, 0.25) is 0 Å². The lowest BCUT2D eigenvalue weighted by atomic mass is 10.2. The van der Waals surface area contributed by atoms with Crippen LogP contribution in [0.1, 0.15) is 12.0 Å². The monoisotopic (exact) mass is 254 g/mol. The molecule has 1 aromatic carbocycles. The van der Waals surface area contributed by atoms with E-state index in [4.69, 9.17) is 5.26 Å². The third-order valence-electron chi connectivity index (χ3n) is 3.04. The lowest BCUT2D eigenvalue weighted by Gasteiger charge is -2.23. The molecule has 0 aliphatic heterocycles. The number of rotatable bonds is 6. The molecule has 0 aliphatic carbocycles. The lowest BCUT2D eigenvalue weighted by molar-refractivity contribution is 0.763. The molecule has 0 unspecified atom stereocenters. The van der Waals surface area contributed by atoms with Crippen molar-refractivity contribution in [2.45, 2.75) is 12.8 Å². The molecule has 0 spiro atoms. The molecular weight excluding hydrogens is 236 g/mol. The van der Waals surface area contributed by atoms with Crippen LogP contribution in [0.3, 0.4) is 0 Å². The van der Waals surface area contributed by atoms with E-state index in [1.165, 1.54) is 11.3 Å². The van der Waals surface area contributed by atoms with Crippen LogP contribution in [0.25, 0.3) is 0 Å². The molecule has 0 bridgehead atoms. The molecular formula is C15H18N4. The summed E-state index contributed by atoms with van der Waals surface area (Å²) in [5.41, 5.74) is 2.39. The van der Waals surface area contributed by atoms with Crippen molar-refractivity contribution in [3.05, 3.63) is 48.3 Å². The van der Waals surface area contributed by atoms with Crippen LogP contribution in [0.2, 0.25) is 0 Å². The van der Waals surface area contributed by atoms with Gasteiger partial charge in [0, 0.05) is 32.0 Å². The summed E-state index contributed by atoms with van der Waals surface area (Å²) in [6.45, 7) is 1.66. The third-order valence-corrected chi connectivity index (χ3v) is 3.04. The van der Waals surface area contributed by atoms with Gasteiger partial charge in [-0.2, -0.15) is 10.4 Å². The Hall–Kier alpha value is -2.28. The molecule has 2 aromatic rings. The Kier molecular flexibility index (Phi) is 4.57. The van der Waals surface area contributed by atoms with Crippen LogP contribution in [0, 0.1) is 11.3 Å². The first-order chi connectivity index (χ1) is 9.29. The Morgan fingerprint density at radius 2 is 2.05 bits per heavy atom. The molecule has 2 rings (SSSR count). The molecule has 0 saturated heterocycles. The number of hydrogen-bond donors (Lipinski definition) is 0. The number of hydrogen-bond acceptors (Lipinski definition) is 3. The molecule has 4 heteroatoms. The fraction of sp³-hybridized carbons (Fsp3) is 0.333. The molecule has 1 aromatic heterocycles. The lowest BCUT2D eigenvalue weighted by Crippen LogP contribution is -2.26. The number of para-hydroxylation sites is 1. The van der Waals surface area contributed by atoms with Gasteiger partial charge in [-0.25, -0.2) is 0 Å². The van der Waals surface area contributed by atoms with Crippen LogP contribution in [0.4, 0.5) is 5.69 Å². The average Bonchev–Trinajstić information content (AvgIpc) is 2.86. The van der Waals surface area contributed by atoms with Crippen molar-refractivity contribution in [2.24, 2.45) is 7.05 Å². The van der Waals surface area contributed by atoms with E-state index in [2.05, 4.69) is 28.2 Å². The maximum atomic E-state index is 8.76. The predicted octanol–water partition coefficient (Wildman–Crippen LogP) is 2.38. The van der Waals surface area contributed by atoms with E-state index in [-0.39, 0.29) is 0 Å². The van der Waals surface area contributed by atoms with Crippen LogP contribution < -0.4 is 4.90 Å². The average molecular weight is 254 g/mol. The zero-order valence-corrected chi connectivity index (χ0v) is 11.2. The molecule has 19 heavy (non-hydrogen) atoms. The Morgan fingerprint density at radius 3 is 2.68 bits per heavy atom. The van der Waals surface area contributed by atoms with Crippen molar-refractivity contribution in [1.82, 2.24) is 9.78 Å². The van der Waals surface area contributed by atoms with Gasteiger partial charge in [0.15, 0.2) is 0 Å². The third kappa shape index (κ3) is 3.85. The Balaban J connectivity index is 2.00. The van der Waals surface area contributed by atoms with Crippen molar-refractivity contribution >= 4 is 5.69 Å². The van der Waals surface area contributed by atoms with Crippen LogP contribution in [-0.2, 0) is 13.5 Å². The van der Waals surface area contributed by atoms with E-state index < -0.39 is 0 Å². The SMILES string of the molecule is Cn1cc(CCN(CCC#N)c2ccccc2)cn1. The molecule has 0 radical (unpaired) electrons. The highest BCUT2D eigenvalue weighted by atomic mass is 15.2. The van der Waals surface area contributed by atoms with E-state index in [0.29, 0.717) is 6.42 Å². The number of aromatic nitrogens is 2. The highest BCUT2D eigenvalue weighted by Crippen LogP contribution is 2.14. The Bertz CT molecular complexity index is 539. The van der Waals surface area contributed by atoms with Crippen molar-refractivity contribution in [3.8, 4) is 6.07 Å². The first kappa shape index (κ1) is 13.2. The predicted molar refractivity (Wildman–Crippen MR) is 75.8 cm³/mol. The highest BCUT2D eigenvalue weighted by Gasteiger charge is 2.06. The van der Waals surface area contributed by atoms with Gasteiger partial charge >= 0.3 is 0 Å². The van der Waals surface area contributed by atoms with Crippen molar-refractivity contribution in [1.29, 1.82) is 5.26 Å². The zero-order chi connectivity index (χ0) is 13.5. The second kappa shape index (κ2) is 6.60. The summed E-state index contributed by atoms with van der Waals surface area (Å²) in [6.07, 6.45) is 5.41. The van der Waals surface area contributed by atoms with Gasteiger partial charge < -0.3 is 4.90 Å². The molecule has 0 N–H and O–H groups in total. The van der Waals surface area contributed by atoms with Crippen LogP contribution in [0.5, 0.6) is 0 Å². The number of nitrogens with zero attached hydrogens (tertiary/aromatic N) is 4. The first-order valence-corrected chi connectivity index (χ1v) is 6.44. The van der Waals surface area contributed by atoms with Crippen molar-refractivity contribution < 1.29 is 0 Å². The summed E-state index contributed by atoms with van der Waals surface area (Å²) in [5, 5.41) is 12.9. The number of aryl methyl sites for hydroxylation is 1. The van der Waals surface area contributed by atoms with E-state index in [1.54, 1.807) is 0 Å². The van der Waals surface area contributed by atoms with Gasteiger partial charge in [-0.1, -0.05) is 18.2 Å². The normalized spacial score (nSPS) is 10.1. The summed E-state index contributed by atoms with van der Waals surface area (Å²) in [6, 6.07) is 12.4. The van der Waals surface area contributed by atoms with E-state index in [9.17, 15) is 0 Å². The van der Waals surface area contributed by atoms with Crippen molar-refractivity contribution in [3.63, 3.8) is 0 Å². The molecule has 0 amide bonds. The fourth-order valence-electron chi connectivity index (χ4n) is 2.06. The molecule has 0 saturated carbocycles. The van der Waals surface area contributed by atoms with Gasteiger partial charge in [0.05, 0.1) is 18.7 Å². The molecule has 0 aliphatic rings. The summed E-state index contributed by atoms with van der Waals surface area (Å²) < 4.78 is 1.82. The van der Waals surface area contributed by atoms with Crippen LogP contribution >= 0.6 is 0 Å². The molecule has 0 atom stereocenters. The highest BCUT2D eigenvalue weighted by molar-refractivity contribution is 5.46. The van der Waals surface area contributed by atoms with Gasteiger partial charge in [-0.15, -0.1) is 0 Å². The number of benzene rings is 1. The Labute approximate surface area is 113 Å². The standard InChI is InChI=1S/C15H18N4/c1-18-13-14(12-17-18)8-11-19(10-5-9-16)15-6-3-2-4-7-15/h2-4,6-7,12-13H,5,8,10-11H2,1H3. The maximum absolute atomic E-state index is 8.76. The second-order valence-corrected chi connectivity index (χ2v) is 4.50. The van der Waals surface area contributed by atoms with Crippen molar-refractivity contribution in [2.75, 3.05) is 18.0 Å². The van der Waals surface area contributed by atoms with Gasteiger partial charge in [-0.05, 0) is 24.1 Å². The zero-order valence-electron chi connectivity index (χ0n) is 11.2. The molecule has 4 nitrogen and oxygen atoms in total. The maximum Gasteiger partial charge on any atom is 0.0640 e. The minimum Gasteiger partial charge on any atom is -0.370 e. The van der Waals surface area contributed by atoms with E-state index >= 15 is 0 Å². The summed E-state index contributed by atoms with van der Waals surface area (Å²) in [5.74, 6) is 0. The number of anilines is 1. The summed E-state index contributed by atoms with van der Waals surface area (Å²) in [4.78, 5) is 2.25. The molecule has 98 valence electrons. The van der Waals surface area contributed by atoms with E-state index in [0.717, 1.165) is 19.5 Å². The van der Waals surface area contributed by atoms with Gasteiger partial charge in [0.1, 0.15) is 0 Å². The minimum atomic E-state index is 0.544. The number of nitriles is 1. The van der Waals surface area contributed by atoms with Crippen LogP contribution in [-0.4, -0.2) is 22.9 Å². The molecule has 0 fully saturated rings. The minimum absolute atomic E-state index is 0.544. The summed E-state index contributed by atoms with van der Waals surface area (Å²) in [7, 11) is 1.92. The summed E-state index contributed by atoms with van der Waals surface area (Å²) >= 11 is 0. The largest absolute Gasteiger partial charge is 0.370 e. The topological polar surface area (TPSA) is 44.9 Å². The Morgan fingerprint density at radius 1 is 1.26 bits per heavy atom. The van der Waals surface area contributed by atoms with Crippen LogP contribution in [0.15, 0.2) is 42.7 Å². The fourth-order valence-corrected chi connectivity index (χ4v) is 2.06. The smallest absolute Gasteiger partial charge is 0.0640 e. The van der Waals surface area contributed by atoms with Gasteiger partial charge in [0.25, 0.3) is 0 Å².